The Kier molecular flexibility index (Phi) is 6.68. The highest BCUT2D eigenvalue weighted by atomic mass is 16.5. The Morgan fingerprint density at radius 2 is 1.95 bits per heavy atom. The number of amides is 1. The summed E-state index contributed by atoms with van der Waals surface area (Å²) in [6.07, 6.45) is -0.907. The summed E-state index contributed by atoms with van der Waals surface area (Å²) in [6.45, 7) is 4.09. The zero-order chi connectivity index (χ0) is 15.7. The van der Waals surface area contributed by atoms with E-state index in [1.165, 1.54) is 0 Å². The van der Waals surface area contributed by atoms with Crippen LogP contribution >= 0.6 is 0 Å². The van der Waals surface area contributed by atoms with Crippen LogP contribution in [-0.4, -0.2) is 35.9 Å². The third kappa shape index (κ3) is 6.76. The molecule has 0 saturated heterocycles. The van der Waals surface area contributed by atoms with Gasteiger partial charge in [0.15, 0.2) is 0 Å². The van der Waals surface area contributed by atoms with Crippen molar-refractivity contribution >= 4 is 12.1 Å². The summed E-state index contributed by atoms with van der Waals surface area (Å²) in [5.74, 6) is -1.01. The Morgan fingerprint density at radius 3 is 2.52 bits per heavy atom. The monoisotopic (exact) mass is 295 g/mol. The summed E-state index contributed by atoms with van der Waals surface area (Å²) in [4.78, 5) is 22.7. The van der Waals surface area contributed by atoms with Crippen LogP contribution in [0, 0.1) is 0 Å². The SMILES string of the molecule is CCOCC(C)(CC(=O)O)NC(=O)OCc1ccccc1. The largest absolute Gasteiger partial charge is 0.481 e. The highest BCUT2D eigenvalue weighted by Gasteiger charge is 2.30. The summed E-state index contributed by atoms with van der Waals surface area (Å²) in [5, 5.41) is 11.5. The van der Waals surface area contributed by atoms with Crippen LogP contribution in [0.15, 0.2) is 30.3 Å². The topological polar surface area (TPSA) is 84.9 Å². The molecule has 1 aromatic carbocycles. The van der Waals surface area contributed by atoms with Crippen LogP contribution in [0.1, 0.15) is 25.8 Å². The highest BCUT2D eigenvalue weighted by molar-refractivity contribution is 5.72. The van der Waals surface area contributed by atoms with Crippen LogP contribution < -0.4 is 5.32 Å². The first kappa shape index (κ1) is 17.0. The molecule has 0 spiro atoms. The third-order valence-electron chi connectivity index (χ3n) is 2.78. The molecule has 1 atom stereocenters. The van der Waals surface area contributed by atoms with Crippen molar-refractivity contribution < 1.29 is 24.2 Å². The molecular weight excluding hydrogens is 274 g/mol. The van der Waals surface area contributed by atoms with E-state index in [1.807, 2.05) is 30.3 Å². The molecule has 0 saturated carbocycles. The Balaban J connectivity index is 2.53. The zero-order valence-electron chi connectivity index (χ0n) is 12.3. The van der Waals surface area contributed by atoms with Crippen LogP contribution in [0.25, 0.3) is 0 Å². The van der Waals surface area contributed by atoms with Gasteiger partial charge in [-0.1, -0.05) is 30.3 Å². The van der Waals surface area contributed by atoms with E-state index in [2.05, 4.69) is 5.32 Å². The third-order valence-corrected chi connectivity index (χ3v) is 2.78. The lowest BCUT2D eigenvalue weighted by atomic mass is 9.99. The van der Waals surface area contributed by atoms with Crippen molar-refractivity contribution in [3.63, 3.8) is 0 Å². The first-order valence-corrected chi connectivity index (χ1v) is 6.73. The van der Waals surface area contributed by atoms with Gasteiger partial charge in [-0.15, -0.1) is 0 Å². The van der Waals surface area contributed by atoms with Gasteiger partial charge in [0.25, 0.3) is 0 Å². The maximum absolute atomic E-state index is 11.8. The fourth-order valence-electron chi connectivity index (χ4n) is 1.80. The van der Waals surface area contributed by atoms with Gasteiger partial charge in [-0.3, -0.25) is 4.79 Å². The van der Waals surface area contributed by atoms with Crippen molar-refractivity contribution in [2.75, 3.05) is 13.2 Å². The number of hydrogen-bond acceptors (Lipinski definition) is 4. The lowest BCUT2D eigenvalue weighted by Gasteiger charge is -2.28. The molecule has 0 fully saturated rings. The number of aliphatic carboxylic acids is 1. The molecular formula is C15H21NO5. The van der Waals surface area contributed by atoms with Gasteiger partial charge in [0, 0.05) is 6.61 Å². The Labute approximate surface area is 124 Å². The van der Waals surface area contributed by atoms with Crippen molar-refractivity contribution in [2.45, 2.75) is 32.4 Å². The van der Waals surface area contributed by atoms with E-state index in [9.17, 15) is 9.59 Å². The molecule has 0 aliphatic carbocycles. The molecule has 6 nitrogen and oxygen atoms in total. The molecule has 6 heteroatoms. The number of carbonyl (C=O) groups excluding carboxylic acids is 1. The lowest BCUT2D eigenvalue weighted by Crippen LogP contribution is -2.51. The number of nitrogens with one attached hydrogen (secondary N) is 1. The summed E-state index contributed by atoms with van der Waals surface area (Å²) in [6, 6.07) is 9.24. The average Bonchev–Trinajstić information content (AvgIpc) is 2.43. The van der Waals surface area contributed by atoms with E-state index in [0.29, 0.717) is 6.61 Å². The van der Waals surface area contributed by atoms with Gasteiger partial charge in [0.1, 0.15) is 6.61 Å². The molecule has 1 aromatic rings. The molecule has 2 N–H and O–H groups in total. The van der Waals surface area contributed by atoms with E-state index < -0.39 is 17.6 Å². The van der Waals surface area contributed by atoms with Crippen molar-refractivity contribution in [3.05, 3.63) is 35.9 Å². The number of carboxylic acids is 1. The van der Waals surface area contributed by atoms with E-state index in [0.717, 1.165) is 5.56 Å². The minimum absolute atomic E-state index is 0.107. The number of carboxylic acid groups (broad SMARTS) is 1. The highest BCUT2D eigenvalue weighted by Crippen LogP contribution is 2.11. The molecule has 1 rings (SSSR count). The van der Waals surface area contributed by atoms with E-state index >= 15 is 0 Å². The smallest absolute Gasteiger partial charge is 0.407 e. The standard InChI is InChI=1S/C15H21NO5/c1-3-20-11-15(2,9-13(17)18)16-14(19)21-10-12-7-5-4-6-8-12/h4-8H,3,9-11H2,1-2H3,(H,16,19)(H,17,18). The number of carbonyl (C=O) groups is 2. The molecule has 21 heavy (non-hydrogen) atoms. The number of hydrogen-bond donors (Lipinski definition) is 2. The maximum Gasteiger partial charge on any atom is 0.407 e. The molecule has 1 unspecified atom stereocenters. The van der Waals surface area contributed by atoms with E-state index in [4.69, 9.17) is 14.6 Å². The van der Waals surface area contributed by atoms with Gasteiger partial charge in [-0.25, -0.2) is 4.79 Å². The molecule has 0 bridgehead atoms. The lowest BCUT2D eigenvalue weighted by molar-refractivity contribution is -0.139. The van der Waals surface area contributed by atoms with E-state index in [1.54, 1.807) is 13.8 Å². The second kappa shape index (κ2) is 8.26. The first-order valence-electron chi connectivity index (χ1n) is 6.73. The fourth-order valence-corrected chi connectivity index (χ4v) is 1.80. The van der Waals surface area contributed by atoms with Crippen molar-refractivity contribution in [1.29, 1.82) is 0 Å². The predicted octanol–water partition coefficient (Wildman–Crippen LogP) is 2.18. The fraction of sp³-hybridized carbons (Fsp3) is 0.467. The summed E-state index contributed by atoms with van der Waals surface area (Å²) >= 11 is 0. The summed E-state index contributed by atoms with van der Waals surface area (Å²) in [5.41, 5.74) is -0.146. The van der Waals surface area contributed by atoms with Crippen molar-refractivity contribution in [3.8, 4) is 0 Å². The number of rotatable bonds is 8. The van der Waals surface area contributed by atoms with Crippen LogP contribution in [0.2, 0.25) is 0 Å². The number of alkyl carbamates (subject to hydrolysis) is 1. The van der Waals surface area contributed by atoms with Crippen molar-refractivity contribution in [2.24, 2.45) is 0 Å². The minimum Gasteiger partial charge on any atom is -0.481 e. The second-order valence-electron chi connectivity index (χ2n) is 4.96. The van der Waals surface area contributed by atoms with Crippen LogP contribution in [0.3, 0.4) is 0 Å². The second-order valence-corrected chi connectivity index (χ2v) is 4.96. The number of ether oxygens (including phenoxy) is 2. The molecule has 0 heterocycles. The zero-order valence-corrected chi connectivity index (χ0v) is 12.3. The van der Waals surface area contributed by atoms with Gasteiger partial charge in [0.05, 0.1) is 18.6 Å². The molecule has 0 aliphatic rings. The Hall–Kier alpha value is -2.08. The normalized spacial score (nSPS) is 13.2. The molecule has 116 valence electrons. The van der Waals surface area contributed by atoms with Gasteiger partial charge in [-0.2, -0.15) is 0 Å². The first-order chi connectivity index (χ1) is 9.95. The quantitative estimate of drug-likeness (QED) is 0.768. The molecule has 0 aromatic heterocycles. The van der Waals surface area contributed by atoms with Crippen molar-refractivity contribution in [1.82, 2.24) is 5.32 Å². The summed E-state index contributed by atoms with van der Waals surface area (Å²) in [7, 11) is 0. The number of benzene rings is 1. The van der Waals surface area contributed by atoms with Gasteiger partial charge in [-0.05, 0) is 19.4 Å². The van der Waals surface area contributed by atoms with E-state index in [-0.39, 0.29) is 19.6 Å². The predicted molar refractivity (Wildman–Crippen MR) is 76.9 cm³/mol. The van der Waals surface area contributed by atoms with Crippen LogP contribution in [0.4, 0.5) is 4.79 Å². The van der Waals surface area contributed by atoms with Crippen LogP contribution in [0.5, 0.6) is 0 Å². The van der Waals surface area contributed by atoms with Gasteiger partial charge < -0.3 is 19.9 Å². The van der Waals surface area contributed by atoms with Gasteiger partial charge in [0.2, 0.25) is 0 Å². The minimum atomic E-state index is -1.01. The summed E-state index contributed by atoms with van der Waals surface area (Å²) < 4.78 is 10.3. The maximum atomic E-state index is 11.8. The Bertz CT molecular complexity index is 462. The average molecular weight is 295 g/mol. The molecule has 0 aliphatic heterocycles. The molecule has 0 radical (unpaired) electrons. The van der Waals surface area contributed by atoms with Crippen LogP contribution in [-0.2, 0) is 20.9 Å². The van der Waals surface area contributed by atoms with Gasteiger partial charge >= 0.3 is 12.1 Å². The molecule has 1 amide bonds. The Morgan fingerprint density at radius 1 is 1.29 bits per heavy atom.